The zero-order valence-electron chi connectivity index (χ0n) is 7.93. The highest BCUT2D eigenvalue weighted by molar-refractivity contribution is 6.17. The molecule has 82 valence electrons. The van der Waals surface area contributed by atoms with Gasteiger partial charge in [0.2, 0.25) is 0 Å². The third-order valence-electron chi connectivity index (χ3n) is 1.65. The third-order valence-corrected chi connectivity index (χ3v) is 1.92. The number of ether oxygens (including phenoxy) is 1. The number of rotatable bonds is 3. The van der Waals surface area contributed by atoms with Crippen LogP contribution in [-0.4, -0.2) is 22.5 Å². The lowest BCUT2D eigenvalue weighted by Crippen LogP contribution is -2.30. The van der Waals surface area contributed by atoms with E-state index in [9.17, 15) is 14.4 Å². The van der Waals surface area contributed by atoms with E-state index in [1.807, 2.05) is 4.98 Å². The highest BCUT2D eigenvalue weighted by Gasteiger charge is 2.16. The van der Waals surface area contributed by atoms with Crippen LogP contribution in [-0.2, 0) is 10.6 Å². The summed E-state index contributed by atoms with van der Waals surface area (Å²) in [4.78, 5) is 37.6. The van der Waals surface area contributed by atoms with Crippen LogP contribution in [0.3, 0.4) is 0 Å². The largest absolute Gasteiger partial charge is 0.461 e. The third kappa shape index (κ3) is 2.47. The Hall–Kier alpha value is -1.56. The van der Waals surface area contributed by atoms with Gasteiger partial charge >= 0.3 is 11.7 Å². The standard InChI is InChI=1S/C8H9ClN2O4/c1-2-15-7(13)5-4(3-9)6(12)11-8(14)10-5/h2-3H2,1H3,(H2,10,11,12,14). The second-order valence-corrected chi connectivity index (χ2v) is 2.88. The predicted octanol–water partition coefficient (Wildman–Crippen LogP) is -0.0213. The molecule has 0 amide bonds. The van der Waals surface area contributed by atoms with Gasteiger partial charge in [0.1, 0.15) is 5.69 Å². The number of hydrogen-bond acceptors (Lipinski definition) is 4. The molecule has 15 heavy (non-hydrogen) atoms. The van der Waals surface area contributed by atoms with E-state index >= 15 is 0 Å². The summed E-state index contributed by atoms with van der Waals surface area (Å²) in [7, 11) is 0. The molecule has 6 nitrogen and oxygen atoms in total. The van der Waals surface area contributed by atoms with Crippen molar-refractivity contribution < 1.29 is 9.53 Å². The van der Waals surface area contributed by atoms with Gasteiger partial charge in [-0.05, 0) is 6.92 Å². The number of hydrogen-bond donors (Lipinski definition) is 2. The van der Waals surface area contributed by atoms with Crippen LogP contribution in [0.2, 0.25) is 0 Å². The lowest BCUT2D eigenvalue weighted by atomic mass is 10.2. The molecule has 0 aliphatic rings. The second-order valence-electron chi connectivity index (χ2n) is 2.62. The van der Waals surface area contributed by atoms with Crippen molar-refractivity contribution in [3.63, 3.8) is 0 Å². The van der Waals surface area contributed by atoms with Crippen LogP contribution in [0, 0.1) is 0 Å². The number of aromatic amines is 2. The molecule has 7 heteroatoms. The normalized spacial score (nSPS) is 10.0. The quantitative estimate of drug-likeness (QED) is 0.566. The average molecular weight is 233 g/mol. The van der Waals surface area contributed by atoms with Crippen LogP contribution in [0.1, 0.15) is 23.0 Å². The molecule has 0 unspecified atom stereocenters. The summed E-state index contributed by atoms with van der Waals surface area (Å²) in [5.41, 5.74) is -1.65. The van der Waals surface area contributed by atoms with Crippen molar-refractivity contribution in [2.75, 3.05) is 6.61 Å². The summed E-state index contributed by atoms with van der Waals surface area (Å²) >= 11 is 5.48. The number of aromatic nitrogens is 2. The monoisotopic (exact) mass is 232 g/mol. The van der Waals surface area contributed by atoms with Crippen molar-refractivity contribution in [1.29, 1.82) is 0 Å². The number of carbonyl (C=O) groups is 1. The molecule has 0 spiro atoms. The highest BCUT2D eigenvalue weighted by atomic mass is 35.5. The highest BCUT2D eigenvalue weighted by Crippen LogP contribution is 2.03. The van der Waals surface area contributed by atoms with E-state index in [1.54, 1.807) is 6.92 Å². The van der Waals surface area contributed by atoms with Crippen molar-refractivity contribution in [1.82, 2.24) is 9.97 Å². The fourth-order valence-electron chi connectivity index (χ4n) is 1.02. The zero-order valence-corrected chi connectivity index (χ0v) is 8.68. The number of H-pyrrole nitrogens is 2. The van der Waals surface area contributed by atoms with Gasteiger partial charge in [-0.1, -0.05) is 0 Å². The Morgan fingerprint density at radius 2 is 2.07 bits per heavy atom. The van der Waals surface area contributed by atoms with Crippen LogP contribution in [0.5, 0.6) is 0 Å². The molecule has 0 saturated heterocycles. The SMILES string of the molecule is CCOC(=O)c1[nH]c(=O)[nH]c(=O)c1CCl. The summed E-state index contributed by atoms with van der Waals surface area (Å²) in [6, 6.07) is 0. The van der Waals surface area contributed by atoms with Crippen LogP contribution < -0.4 is 11.2 Å². The van der Waals surface area contributed by atoms with Crippen LogP contribution in [0.15, 0.2) is 9.59 Å². The van der Waals surface area contributed by atoms with E-state index in [1.165, 1.54) is 0 Å². The van der Waals surface area contributed by atoms with Gasteiger partial charge in [0.15, 0.2) is 0 Å². The van der Waals surface area contributed by atoms with E-state index in [4.69, 9.17) is 11.6 Å². The maximum absolute atomic E-state index is 11.3. The summed E-state index contributed by atoms with van der Waals surface area (Å²) < 4.78 is 4.66. The first-order valence-corrected chi connectivity index (χ1v) is 4.72. The molecule has 1 rings (SSSR count). The molecule has 0 atom stereocenters. The molecule has 0 fully saturated rings. The molecule has 1 aromatic heterocycles. The fraction of sp³-hybridized carbons (Fsp3) is 0.375. The van der Waals surface area contributed by atoms with Crippen LogP contribution >= 0.6 is 11.6 Å². The van der Waals surface area contributed by atoms with E-state index in [0.717, 1.165) is 0 Å². The van der Waals surface area contributed by atoms with Crippen LogP contribution in [0.4, 0.5) is 0 Å². The molecule has 1 aromatic rings. The van der Waals surface area contributed by atoms with Gasteiger partial charge in [-0.2, -0.15) is 0 Å². The zero-order chi connectivity index (χ0) is 11.4. The molecule has 1 heterocycles. The van der Waals surface area contributed by atoms with Crippen molar-refractivity contribution in [2.24, 2.45) is 0 Å². The lowest BCUT2D eigenvalue weighted by molar-refractivity contribution is 0.0517. The van der Waals surface area contributed by atoms with Gasteiger partial charge in [-0.15, -0.1) is 11.6 Å². The first-order valence-electron chi connectivity index (χ1n) is 4.18. The van der Waals surface area contributed by atoms with E-state index in [-0.39, 0.29) is 23.7 Å². The van der Waals surface area contributed by atoms with Gasteiger partial charge in [0, 0.05) is 0 Å². The number of nitrogens with one attached hydrogen (secondary N) is 2. The summed E-state index contributed by atoms with van der Waals surface area (Å²) in [6.07, 6.45) is 0. The molecule has 0 bridgehead atoms. The molecule has 0 aromatic carbocycles. The van der Waals surface area contributed by atoms with Crippen molar-refractivity contribution in [2.45, 2.75) is 12.8 Å². The topological polar surface area (TPSA) is 92.0 Å². The number of esters is 1. The van der Waals surface area contributed by atoms with Gasteiger partial charge in [-0.25, -0.2) is 9.59 Å². The smallest absolute Gasteiger partial charge is 0.355 e. The summed E-state index contributed by atoms with van der Waals surface area (Å²) in [6.45, 7) is 1.76. The first-order chi connectivity index (χ1) is 7.10. The van der Waals surface area contributed by atoms with E-state index in [0.29, 0.717) is 0 Å². The fourth-order valence-corrected chi connectivity index (χ4v) is 1.27. The Bertz CT molecular complexity index is 476. The van der Waals surface area contributed by atoms with Gasteiger partial charge in [0.25, 0.3) is 5.56 Å². The minimum Gasteiger partial charge on any atom is -0.461 e. The Morgan fingerprint density at radius 3 is 2.60 bits per heavy atom. The van der Waals surface area contributed by atoms with Crippen LogP contribution in [0.25, 0.3) is 0 Å². The minimum atomic E-state index is -0.767. The molecular weight excluding hydrogens is 224 g/mol. The number of carbonyl (C=O) groups excluding carboxylic acids is 1. The van der Waals surface area contributed by atoms with E-state index < -0.39 is 17.2 Å². The maximum atomic E-state index is 11.3. The predicted molar refractivity (Wildman–Crippen MR) is 53.2 cm³/mol. The summed E-state index contributed by atoms with van der Waals surface area (Å²) in [5.74, 6) is -0.948. The molecule has 0 aliphatic carbocycles. The molecule has 2 N–H and O–H groups in total. The van der Waals surface area contributed by atoms with Crippen molar-refractivity contribution >= 4 is 17.6 Å². The number of alkyl halides is 1. The molecular formula is C8H9ClN2O4. The van der Waals surface area contributed by atoms with Gasteiger partial charge in [-0.3, -0.25) is 9.78 Å². The lowest BCUT2D eigenvalue weighted by Gasteiger charge is -2.04. The first kappa shape index (κ1) is 11.5. The Balaban J connectivity index is 3.32. The average Bonchev–Trinajstić information content (AvgIpc) is 2.17. The maximum Gasteiger partial charge on any atom is 0.355 e. The Kier molecular flexibility index (Phi) is 3.68. The Labute approximate surface area is 89.2 Å². The second kappa shape index (κ2) is 4.79. The van der Waals surface area contributed by atoms with Crippen molar-refractivity contribution in [3.05, 3.63) is 32.1 Å². The summed E-state index contributed by atoms with van der Waals surface area (Å²) in [5, 5.41) is 0. The molecule has 0 radical (unpaired) electrons. The molecule has 0 aliphatic heterocycles. The van der Waals surface area contributed by atoms with Gasteiger partial charge < -0.3 is 9.72 Å². The molecule has 0 saturated carbocycles. The number of halogens is 1. The minimum absolute atomic E-state index is 0.00489. The van der Waals surface area contributed by atoms with Gasteiger partial charge in [0.05, 0.1) is 18.1 Å². The van der Waals surface area contributed by atoms with Crippen molar-refractivity contribution in [3.8, 4) is 0 Å². The Morgan fingerprint density at radius 1 is 1.40 bits per heavy atom. The van der Waals surface area contributed by atoms with E-state index in [2.05, 4.69) is 9.72 Å².